The van der Waals surface area contributed by atoms with Crippen LogP contribution in [0.3, 0.4) is 0 Å². The molecule has 5 heteroatoms. The lowest BCUT2D eigenvalue weighted by Gasteiger charge is -2.26. The van der Waals surface area contributed by atoms with Gasteiger partial charge in [0.05, 0.1) is 21.1 Å². The number of carbonyl (C=O) groups is 1. The standard InChI is InChI=1S/C20H26NO3.ClH/c1-15-5-7-16(8-6-15)20(23)17-9-11-19(12-10-17)24-14-18(22)13-21(2,3)4;/h5-12,18,22H,13-14H2,1-4H3;1H/q+1;/p-1. The Kier molecular flexibility index (Phi) is 7.61. The first kappa shape index (κ1) is 21.2. The summed E-state index contributed by atoms with van der Waals surface area (Å²) >= 11 is 0. The molecule has 0 aliphatic rings. The quantitative estimate of drug-likeness (QED) is 0.541. The number of aliphatic hydroxyl groups is 1. The van der Waals surface area contributed by atoms with E-state index in [9.17, 15) is 9.90 Å². The molecule has 2 rings (SSSR count). The maximum atomic E-state index is 12.4. The third kappa shape index (κ3) is 6.86. The van der Waals surface area contributed by atoms with Crippen molar-refractivity contribution >= 4 is 5.78 Å². The molecule has 2 aromatic rings. The molecule has 0 aromatic heterocycles. The first-order valence-corrected chi connectivity index (χ1v) is 8.07. The minimum Gasteiger partial charge on any atom is -1.00 e. The van der Waals surface area contributed by atoms with Gasteiger partial charge in [0.1, 0.15) is 25.0 Å². The van der Waals surface area contributed by atoms with Crippen LogP contribution in [0.25, 0.3) is 0 Å². The molecule has 0 radical (unpaired) electrons. The van der Waals surface area contributed by atoms with E-state index in [-0.39, 0.29) is 24.8 Å². The third-order valence-corrected chi connectivity index (χ3v) is 3.63. The Bertz CT molecular complexity index is 676. The van der Waals surface area contributed by atoms with E-state index in [0.717, 1.165) is 5.56 Å². The van der Waals surface area contributed by atoms with Crippen molar-refractivity contribution in [3.05, 3.63) is 65.2 Å². The van der Waals surface area contributed by atoms with Crippen LogP contribution in [0.1, 0.15) is 21.5 Å². The lowest BCUT2D eigenvalue weighted by atomic mass is 10.0. The summed E-state index contributed by atoms with van der Waals surface area (Å²) in [6, 6.07) is 14.6. The van der Waals surface area contributed by atoms with Gasteiger partial charge in [-0.1, -0.05) is 29.8 Å². The molecule has 0 spiro atoms. The van der Waals surface area contributed by atoms with Crippen molar-refractivity contribution in [1.82, 2.24) is 0 Å². The number of aryl methyl sites for hydroxylation is 1. The first-order chi connectivity index (χ1) is 11.2. The second-order valence-electron chi connectivity index (χ2n) is 7.16. The fourth-order valence-electron chi connectivity index (χ4n) is 2.45. The zero-order chi connectivity index (χ0) is 17.7. The molecule has 1 N–H and O–H groups in total. The van der Waals surface area contributed by atoms with Crippen LogP contribution in [0, 0.1) is 6.92 Å². The monoisotopic (exact) mass is 363 g/mol. The van der Waals surface area contributed by atoms with Crippen molar-refractivity contribution in [1.29, 1.82) is 0 Å². The number of benzene rings is 2. The van der Waals surface area contributed by atoms with Crippen molar-refractivity contribution < 1.29 is 31.5 Å². The van der Waals surface area contributed by atoms with Gasteiger partial charge >= 0.3 is 0 Å². The highest BCUT2D eigenvalue weighted by atomic mass is 35.5. The molecule has 0 saturated carbocycles. The number of halogens is 1. The molecule has 2 aromatic carbocycles. The van der Waals surface area contributed by atoms with Crippen LogP contribution >= 0.6 is 0 Å². The van der Waals surface area contributed by atoms with Gasteiger partial charge in [0.25, 0.3) is 0 Å². The summed E-state index contributed by atoms with van der Waals surface area (Å²) in [5, 5.41) is 9.97. The molecule has 4 nitrogen and oxygen atoms in total. The van der Waals surface area contributed by atoms with Crippen LogP contribution in [0.4, 0.5) is 0 Å². The Hall–Kier alpha value is -1.88. The van der Waals surface area contributed by atoms with Gasteiger partial charge in [0.2, 0.25) is 0 Å². The molecule has 136 valence electrons. The molecule has 1 atom stereocenters. The maximum absolute atomic E-state index is 12.4. The Labute approximate surface area is 156 Å². The van der Waals surface area contributed by atoms with Crippen LogP contribution in [-0.4, -0.2) is 55.8 Å². The van der Waals surface area contributed by atoms with Crippen molar-refractivity contribution in [2.75, 3.05) is 34.3 Å². The number of rotatable bonds is 7. The second-order valence-corrected chi connectivity index (χ2v) is 7.16. The number of ketones is 1. The normalized spacial score (nSPS) is 12.2. The Morgan fingerprint density at radius 2 is 1.48 bits per heavy atom. The highest BCUT2D eigenvalue weighted by Crippen LogP contribution is 2.16. The number of aliphatic hydroxyl groups excluding tert-OH is 1. The van der Waals surface area contributed by atoms with Gasteiger partial charge in [-0.05, 0) is 31.2 Å². The Morgan fingerprint density at radius 3 is 1.96 bits per heavy atom. The first-order valence-electron chi connectivity index (χ1n) is 8.07. The van der Waals surface area contributed by atoms with Gasteiger partial charge in [-0.25, -0.2) is 0 Å². The molecule has 25 heavy (non-hydrogen) atoms. The number of quaternary nitrogens is 1. The summed E-state index contributed by atoms with van der Waals surface area (Å²) in [5.41, 5.74) is 2.42. The molecule has 0 amide bonds. The zero-order valence-corrected chi connectivity index (χ0v) is 16.0. The summed E-state index contributed by atoms with van der Waals surface area (Å²) in [5.74, 6) is 0.641. The van der Waals surface area contributed by atoms with E-state index < -0.39 is 6.10 Å². The lowest BCUT2D eigenvalue weighted by Crippen LogP contribution is -3.00. The number of hydrogen-bond acceptors (Lipinski definition) is 3. The average molecular weight is 364 g/mol. The van der Waals surface area contributed by atoms with Gasteiger partial charge < -0.3 is 26.7 Å². The maximum Gasteiger partial charge on any atom is 0.193 e. The zero-order valence-electron chi connectivity index (χ0n) is 15.2. The Morgan fingerprint density at radius 1 is 1.00 bits per heavy atom. The molecule has 0 aliphatic carbocycles. The van der Waals surface area contributed by atoms with E-state index in [0.29, 0.717) is 27.9 Å². The fraction of sp³-hybridized carbons (Fsp3) is 0.350. The molecule has 0 fully saturated rings. The molecular formula is C20H26ClNO3. The van der Waals surface area contributed by atoms with Crippen molar-refractivity contribution in [2.24, 2.45) is 0 Å². The van der Waals surface area contributed by atoms with E-state index in [1.165, 1.54) is 0 Å². The largest absolute Gasteiger partial charge is 1.00 e. The van der Waals surface area contributed by atoms with E-state index in [2.05, 4.69) is 0 Å². The third-order valence-electron chi connectivity index (χ3n) is 3.63. The van der Waals surface area contributed by atoms with Gasteiger partial charge in [-0.2, -0.15) is 0 Å². The summed E-state index contributed by atoms with van der Waals surface area (Å²) in [6.07, 6.45) is -0.529. The van der Waals surface area contributed by atoms with Crippen molar-refractivity contribution in [3.8, 4) is 5.75 Å². The minimum atomic E-state index is -0.529. The van der Waals surface area contributed by atoms with Crippen molar-refractivity contribution in [2.45, 2.75) is 13.0 Å². The summed E-state index contributed by atoms with van der Waals surface area (Å²) in [7, 11) is 6.07. The highest BCUT2D eigenvalue weighted by Gasteiger charge is 2.16. The van der Waals surface area contributed by atoms with E-state index >= 15 is 0 Å². The molecule has 0 bridgehead atoms. The fourth-order valence-corrected chi connectivity index (χ4v) is 2.45. The van der Waals surface area contributed by atoms with Gasteiger partial charge in [-0.3, -0.25) is 4.79 Å². The number of nitrogens with zero attached hydrogens (tertiary/aromatic N) is 1. The second kappa shape index (κ2) is 8.99. The van der Waals surface area contributed by atoms with Crippen LogP contribution in [-0.2, 0) is 0 Å². The topological polar surface area (TPSA) is 46.5 Å². The van der Waals surface area contributed by atoms with Gasteiger partial charge in [-0.15, -0.1) is 0 Å². The number of hydrogen-bond donors (Lipinski definition) is 1. The number of ether oxygens (including phenoxy) is 1. The van der Waals surface area contributed by atoms with E-state index in [1.807, 2.05) is 52.3 Å². The average Bonchev–Trinajstić information content (AvgIpc) is 2.52. The molecule has 1 unspecified atom stereocenters. The summed E-state index contributed by atoms with van der Waals surface area (Å²) in [4.78, 5) is 12.4. The Balaban J connectivity index is 0.00000312. The molecular weight excluding hydrogens is 338 g/mol. The SMILES string of the molecule is Cc1ccc(C(=O)c2ccc(OCC(O)C[N+](C)(C)C)cc2)cc1.[Cl-]. The number of carbonyl (C=O) groups excluding carboxylic acids is 1. The van der Waals surface area contributed by atoms with Crippen LogP contribution in [0.15, 0.2) is 48.5 Å². The summed E-state index contributed by atoms with van der Waals surface area (Å²) < 4.78 is 6.27. The van der Waals surface area contributed by atoms with Crippen molar-refractivity contribution in [3.63, 3.8) is 0 Å². The smallest absolute Gasteiger partial charge is 0.193 e. The lowest BCUT2D eigenvalue weighted by molar-refractivity contribution is -0.873. The molecule has 0 aliphatic heterocycles. The summed E-state index contributed by atoms with van der Waals surface area (Å²) in [6.45, 7) is 2.85. The number of likely N-dealkylation sites (N-methyl/N-ethyl adjacent to an activating group) is 1. The van der Waals surface area contributed by atoms with Gasteiger partial charge in [0, 0.05) is 11.1 Å². The highest BCUT2D eigenvalue weighted by molar-refractivity contribution is 6.09. The molecule has 0 saturated heterocycles. The van der Waals surface area contributed by atoms with Crippen LogP contribution in [0.5, 0.6) is 5.75 Å². The van der Waals surface area contributed by atoms with E-state index in [4.69, 9.17) is 4.74 Å². The molecule has 0 heterocycles. The van der Waals surface area contributed by atoms with Crippen LogP contribution < -0.4 is 17.1 Å². The predicted molar refractivity (Wildman–Crippen MR) is 95.5 cm³/mol. The van der Waals surface area contributed by atoms with Gasteiger partial charge in [0.15, 0.2) is 5.78 Å². The van der Waals surface area contributed by atoms with Crippen LogP contribution in [0.2, 0.25) is 0 Å². The van der Waals surface area contributed by atoms with E-state index in [1.54, 1.807) is 24.3 Å². The minimum absolute atomic E-state index is 0. The predicted octanol–water partition coefficient (Wildman–Crippen LogP) is -0.324.